The molecule has 0 amide bonds. The Morgan fingerprint density at radius 2 is 2.12 bits per heavy atom. The molecular formula is C15H14O2. The summed E-state index contributed by atoms with van der Waals surface area (Å²) in [5.74, 6) is 1.98. The van der Waals surface area contributed by atoms with Crippen LogP contribution in [0.2, 0.25) is 0 Å². The zero-order valence-electron chi connectivity index (χ0n) is 9.72. The Kier molecular flexibility index (Phi) is 1.67. The van der Waals surface area contributed by atoms with E-state index in [0.29, 0.717) is 18.1 Å². The number of ketones is 1. The van der Waals surface area contributed by atoms with Crippen LogP contribution >= 0.6 is 0 Å². The Bertz CT molecular complexity index is 544. The highest BCUT2D eigenvalue weighted by molar-refractivity contribution is 5.87. The van der Waals surface area contributed by atoms with E-state index < -0.39 is 0 Å². The van der Waals surface area contributed by atoms with Crippen LogP contribution in [-0.2, 0) is 4.79 Å². The molecule has 1 saturated carbocycles. The summed E-state index contributed by atoms with van der Waals surface area (Å²) >= 11 is 0. The van der Waals surface area contributed by atoms with Crippen LogP contribution in [0.5, 0.6) is 5.75 Å². The number of hydrogen-bond donors (Lipinski definition) is 0. The zero-order valence-corrected chi connectivity index (χ0v) is 9.72. The lowest BCUT2D eigenvalue weighted by atomic mass is 9.62. The van der Waals surface area contributed by atoms with Crippen LogP contribution < -0.4 is 4.74 Å². The van der Waals surface area contributed by atoms with Crippen LogP contribution in [0, 0.1) is 11.8 Å². The van der Waals surface area contributed by atoms with Gasteiger partial charge in [0.2, 0.25) is 0 Å². The highest BCUT2D eigenvalue weighted by Crippen LogP contribution is 2.54. The second kappa shape index (κ2) is 3.00. The Morgan fingerprint density at radius 3 is 3.00 bits per heavy atom. The summed E-state index contributed by atoms with van der Waals surface area (Å²) in [6, 6.07) is 8.16. The van der Waals surface area contributed by atoms with Gasteiger partial charge >= 0.3 is 0 Å². The van der Waals surface area contributed by atoms with E-state index in [4.69, 9.17) is 4.74 Å². The first-order valence-corrected chi connectivity index (χ1v) is 6.22. The maximum absolute atomic E-state index is 12.1. The molecule has 4 atom stereocenters. The zero-order chi connectivity index (χ0) is 11.6. The first-order valence-electron chi connectivity index (χ1n) is 6.22. The van der Waals surface area contributed by atoms with Gasteiger partial charge in [0, 0.05) is 29.7 Å². The summed E-state index contributed by atoms with van der Waals surface area (Å²) in [5, 5.41) is 0. The smallest absolute Gasteiger partial charge is 0.141 e. The third-order valence-corrected chi connectivity index (χ3v) is 4.50. The Morgan fingerprint density at radius 1 is 1.29 bits per heavy atom. The van der Waals surface area contributed by atoms with Crippen molar-refractivity contribution in [1.29, 1.82) is 0 Å². The van der Waals surface area contributed by atoms with E-state index in [-0.39, 0.29) is 17.9 Å². The van der Waals surface area contributed by atoms with Crippen molar-refractivity contribution in [2.45, 2.75) is 25.4 Å². The summed E-state index contributed by atoms with van der Waals surface area (Å²) < 4.78 is 6.07. The topological polar surface area (TPSA) is 26.3 Å². The number of Topliss-reactive ketones (excluding diaryl/α,β-unsaturated/α-hetero) is 1. The highest BCUT2D eigenvalue weighted by atomic mass is 16.5. The minimum absolute atomic E-state index is 0.0497. The Hall–Kier alpha value is -1.57. The first-order chi connectivity index (χ1) is 8.25. The Balaban J connectivity index is 1.89. The average molecular weight is 226 g/mol. The molecule has 0 unspecified atom stereocenters. The van der Waals surface area contributed by atoms with Gasteiger partial charge in [0.1, 0.15) is 17.6 Å². The molecule has 3 aliphatic carbocycles. The third kappa shape index (κ3) is 1.08. The number of carbonyl (C=O) groups excluding carboxylic acids is 1. The second-order valence-corrected chi connectivity index (χ2v) is 5.36. The second-order valence-electron chi connectivity index (χ2n) is 5.36. The van der Waals surface area contributed by atoms with Crippen molar-refractivity contribution in [3.63, 3.8) is 0 Å². The molecule has 1 aromatic rings. The van der Waals surface area contributed by atoms with Gasteiger partial charge in [-0.15, -0.1) is 0 Å². The van der Waals surface area contributed by atoms with Crippen LogP contribution in [0.15, 0.2) is 35.9 Å². The van der Waals surface area contributed by atoms with Crippen LogP contribution in [0.25, 0.3) is 0 Å². The lowest BCUT2D eigenvalue weighted by Crippen LogP contribution is -2.46. The Labute approximate surface area is 100 Å². The van der Waals surface area contributed by atoms with Gasteiger partial charge in [0.25, 0.3) is 0 Å². The number of allylic oxidation sites excluding steroid dienone is 1. The van der Waals surface area contributed by atoms with Gasteiger partial charge in [0.15, 0.2) is 0 Å². The SMILES string of the molecule is CC1=C[C@H]2C(=O)C[C@@H]1[C@H]1Oc3ccccc3[C@H]12. The molecule has 86 valence electrons. The van der Waals surface area contributed by atoms with Crippen molar-refractivity contribution in [2.75, 3.05) is 0 Å². The van der Waals surface area contributed by atoms with Crippen LogP contribution in [0.3, 0.4) is 0 Å². The summed E-state index contributed by atoms with van der Waals surface area (Å²) in [5.41, 5.74) is 2.56. The van der Waals surface area contributed by atoms with E-state index in [2.05, 4.69) is 19.1 Å². The molecule has 1 aromatic carbocycles. The minimum Gasteiger partial charge on any atom is -0.489 e. The highest BCUT2D eigenvalue weighted by Gasteiger charge is 2.53. The molecule has 2 nitrogen and oxygen atoms in total. The molecule has 0 radical (unpaired) electrons. The van der Waals surface area contributed by atoms with Crippen molar-refractivity contribution in [1.82, 2.24) is 0 Å². The van der Waals surface area contributed by atoms with Gasteiger partial charge in [-0.2, -0.15) is 0 Å². The maximum atomic E-state index is 12.1. The van der Waals surface area contributed by atoms with E-state index in [9.17, 15) is 4.79 Å². The molecule has 2 bridgehead atoms. The number of ether oxygens (including phenoxy) is 1. The van der Waals surface area contributed by atoms with Crippen molar-refractivity contribution in [2.24, 2.45) is 11.8 Å². The fourth-order valence-electron chi connectivity index (χ4n) is 3.68. The normalized spacial score (nSPS) is 37.2. The molecule has 0 saturated heterocycles. The molecule has 17 heavy (non-hydrogen) atoms. The standard InChI is InChI=1S/C15H14O2/c1-8-6-11-12(16)7-10(8)15-14(11)9-4-2-3-5-13(9)17-15/h2-6,10-11,14-15H,7H2,1H3/t10-,11-,14-,15+/m0/s1. The van der Waals surface area contributed by atoms with Gasteiger partial charge in [0.05, 0.1) is 0 Å². The molecule has 1 aliphatic heterocycles. The van der Waals surface area contributed by atoms with Gasteiger partial charge < -0.3 is 4.74 Å². The van der Waals surface area contributed by atoms with Crippen molar-refractivity contribution >= 4 is 5.78 Å². The predicted octanol–water partition coefficient (Wildman–Crippen LogP) is 2.70. The lowest BCUT2D eigenvalue weighted by Gasteiger charge is -2.41. The number of fused-ring (bicyclic) bond motifs is 2. The van der Waals surface area contributed by atoms with Crippen molar-refractivity contribution in [3.8, 4) is 5.75 Å². The summed E-state index contributed by atoms with van der Waals surface area (Å²) in [6.07, 6.45) is 3.03. The average Bonchev–Trinajstić information content (AvgIpc) is 2.71. The monoisotopic (exact) mass is 226 g/mol. The molecule has 2 heteroatoms. The lowest BCUT2D eigenvalue weighted by molar-refractivity contribution is -0.128. The first kappa shape index (κ1) is 9.46. The van der Waals surface area contributed by atoms with Crippen LogP contribution in [0.4, 0.5) is 0 Å². The maximum Gasteiger partial charge on any atom is 0.141 e. The van der Waals surface area contributed by atoms with E-state index in [1.54, 1.807) is 0 Å². The fraction of sp³-hybridized carbons (Fsp3) is 0.400. The number of rotatable bonds is 0. The van der Waals surface area contributed by atoms with E-state index in [1.165, 1.54) is 11.1 Å². The van der Waals surface area contributed by atoms with Crippen molar-refractivity contribution in [3.05, 3.63) is 41.5 Å². The summed E-state index contributed by atoms with van der Waals surface area (Å²) in [4.78, 5) is 12.1. The van der Waals surface area contributed by atoms with Crippen LogP contribution in [-0.4, -0.2) is 11.9 Å². The molecule has 4 aliphatic rings. The van der Waals surface area contributed by atoms with E-state index >= 15 is 0 Å². The number of para-hydroxylation sites is 1. The predicted molar refractivity (Wildman–Crippen MR) is 64.0 cm³/mol. The minimum atomic E-state index is 0.0497. The van der Waals surface area contributed by atoms with E-state index in [0.717, 1.165) is 5.75 Å². The van der Waals surface area contributed by atoms with Gasteiger partial charge in [-0.3, -0.25) is 4.79 Å². The van der Waals surface area contributed by atoms with E-state index in [1.807, 2.05) is 18.2 Å². The van der Waals surface area contributed by atoms with Gasteiger partial charge in [-0.05, 0) is 13.0 Å². The molecule has 1 fully saturated rings. The van der Waals surface area contributed by atoms with Crippen molar-refractivity contribution < 1.29 is 9.53 Å². The molecule has 1 heterocycles. The fourth-order valence-corrected chi connectivity index (χ4v) is 3.68. The molecule has 0 aromatic heterocycles. The summed E-state index contributed by atoms with van der Waals surface area (Å²) in [6.45, 7) is 2.13. The number of hydrogen-bond acceptors (Lipinski definition) is 2. The molecule has 5 rings (SSSR count). The van der Waals surface area contributed by atoms with Crippen LogP contribution in [0.1, 0.15) is 24.8 Å². The molecular weight excluding hydrogens is 212 g/mol. The van der Waals surface area contributed by atoms with Gasteiger partial charge in [-0.1, -0.05) is 29.8 Å². The quantitative estimate of drug-likeness (QED) is 0.636. The summed E-state index contributed by atoms with van der Waals surface area (Å²) in [7, 11) is 0. The number of benzene rings is 1. The third-order valence-electron chi connectivity index (χ3n) is 4.50. The van der Waals surface area contributed by atoms with Gasteiger partial charge in [-0.25, -0.2) is 0 Å². The molecule has 0 spiro atoms. The number of carbonyl (C=O) groups is 1. The molecule has 0 N–H and O–H groups in total. The largest absolute Gasteiger partial charge is 0.489 e.